The number of hydrogen-bond donors (Lipinski definition) is 2. The van der Waals surface area contributed by atoms with Gasteiger partial charge in [0.25, 0.3) is 0 Å². The first-order chi connectivity index (χ1) is 11.7. The van der Waals surface area contributed by atoms with Crippen molar-refractivity contribution < 1.29 is 0 Å². The Morgan fingerprint density at radius 2 is 1.84 bits per heavy atom. The second-order valence-electron chi connectivity index (χ2n) is 7.54. The monoisotopic (exact) mass is 465 g/mol. The van der Waals surface area contributed by atoms with Gasteiger partial charge in [-0.3, -0.25) is 9.89 Å². The highest BCUT2D eigenvalue weighted by atomic mass is 127. The van der Waals surface area contributed by atoms with E-state index in [-0.39, 0.29) is 24.0 Å². The van der Waals surface area contributed by atoms with Gasteiger partial charge in [-0.1, -0.05) is 13.8 Å². The number of guanidine groups is 1. The number of hydrogen-bond acceptors (Lipinski definition) is 3. The van der Waals surface area contributed by atoms with Crippen molar-refractivity contribution in [2.75, 3.05) is 52.9 Å². The second kappa shape index (κ2) is 13.1. The summed E-state index contributed by atoms with van der Waals surface area (Å²) in [5, 5.41) is 6.98. The molecule has 0 aromatic carbocycles. The van der Waals surface area contributed by atoms with E-state index in [1.807, 2.05) is 7.05 Å². The molecule has 148 valence electrons. The third-order valence-corrected chi connectivity index (χ3v) is 5.70. The molecule has 1 atom stereocenters. The first-order valence-corrected chi connectivity index (χ1v) is 10.1. The highest BCUT2D eigenvalue weighted by molar-refractivity contribution is 14.0. The lowest BCUT2D eigenvalue weighted by molar-refractivity contribution is 0.189. The zero-order valence-corrected chi connectivity index (χ0v) is 18.9. The second-order valence-corrected chi connectivity index (χ2v) is 7.54. The molecule has 0 aromatic heterocycles. The van der Waals surface area contributed by atoms with E-state index < -0.39 is 0 Å². The minimum Gasteiger partial charge on any atom is -0.356 e. The van der Waals surface area contributed by atoms with Crippen LogP contribution in [0, 0.1) is 5.92 Å². The van der Waals surface area contributed by atoms with Gasteiger partial charge < -0.3 is 15.5 Å². The zero-order chi connectivity index (χ0) is 17.2. The van der Waals surface area contributed by atoms with Gasteiger partial charge in [-0.15, -0.1) is 24.0 Å². The number of unbranched alkanes of at least 4 members (excludes halogenated alkanes) is 1. The lowest BCUT2D eigenvalue weighted by atomic mass is 9.99. The first kappa shape index (κ1) is 23.0. The van der Waals surface area contributed by atoms with E-state index in [2.05, 4.69) is 39.3 Å². The molecule has 2 fully saturated rings. The Hall–Kier alpha value is -0.0800. The maximum atomic E-state index is 4.36. The number of piperidine rings is 1. The molecule has 0 bridgehead atoms. The molecule has 2 aliphatic rings. The van der Waals surface area contributed by atoms with Crippen LogP contribution in [0.15, 0.2) is 4.99 Å². The molecule has 2 aliphatic heterocycles. The fourth-order valence-electron chi connectivity index (χ4n) is 3.93. The molecule has 0 amide bonds. The van der Waals surface area contributed by atoms with Crippen molar-refractivity contribution in [3.63, 3.8) is 0 Å². The van der Waals surface area contributed by atoms with Crippen molar-refractivity contribution in [3.05, 3.63) is 0 Å². The minimum absolute atomic E-state index is 0. The Bertz CT molecular complexity index is 369. The Morgan fingerprint density at radius 3 is 2.52 bits per heavy atom. The summed E-state index contributed by atoms with van der Waals surface area (Å²) in [5.74, 6) is 1.89. The summed E-state index contributed by atoms with van der Waals surface area (Å²) in [5.41, 5.74) is 0. The van der Waals surface area contributed by atoms with Crippen LogP contribution in [0.25, 0.3) is 0 Å². The van der Waals surface area contributed by atoms with Crippen LogP contribution < -0.4 is 10.6 Å². The normalized spacial score (nSPS) is 23.5. The molecule has 2 rings (SSSR count). The van der Waals surface area contributed by atoms with E-state index in [0.29, 0.717) is 6.04 Å². The van der Waals surface area contributed by atoms with Crippen LogP contribution >= 0.6 is 24.0 Å². The number of rotatable bonds is 8. The first-order valence-electron chi connectivity index (χ1n) is 10.1. The van der Waals surface area contributed by atoms with Gasteiger partial charge in [0.2, 0.25) is 0 Å². The number of nitrogens with zero attached hydrogens (tertiary/aromatic N) is 3. The largest absolute Gasteiger partial charge is 0.356 e. The van der Waals surface area contributed by atoms with Crippen molar-refractivity contribution in [1.82, 2.24) is 20.4 Å². The molecular formula is C19H40IN5. The number of likely N-dealkylation sites (N-methyl/N-ethyl adjacent to an activating group) is 1. The lowest BCUT2D eigenvalue weighted by Crippen LogP contribution is -2.45. The predicted octanol–water partition coefficient (Wildman–Crippen LogP) is 2.77. The molecule has 2 heterocycles. The molecule has 0 aliphatic carbocycles. The highest BCUT2D eigenvalue weighted by Crippen LogP contribution is 2.16. The van der Waals surface area contributed by atoms with Crippen molar-refractivity contribution in [3.8, 4) is 0 Å². The van der Waals surface area contributed by atoms with Gasteiger partial charge in [0, 0.05) is 26.2 Å². The number of nitrogens with one attached hydrogen (secondary N) is 2. The maximum Gasteiger partial charge on any atom is 0.191 e. The highest BCUT2D eigenvalue weighted by Gasteiger charge is 2.22. The number of halogens is 1. The van der Waals surface area contributed by atoms with E-state index in [9.17, 15) is 0 Å². The van der Waals surface area contributed by atoms with Crippen LogP contribution in [-0.4, -0.2) is 74.7 Å². The summed E-state index contributed by atoms with van der Waals surface area (Å²) in [7, 11) is 1.87. The van der Waals surface area contributed by atoms with Crippen LogP contribution in [0.4, 0.5) is 0 Å². The van der Waals surface area contributed by atoms with Gasteiger partial charge >= 0.3 is 0 Å². The average molecular weight is 465 g/mol. The summed E-state index contributed by atoms with van der Waals surface area (Å²) in [6.07, 6.45) is 7.91. The molecule has 5 nitrogen and oxygen atoms in total. The molecule has 25 heavy (non-hydrogen) atoms. The molecular weight excluding hydrogens is 425 g/mol. The van der Waals surface area contributed by atoms with E-state index in [1.54, 1.807) is 0 Å². The van der Waals surface area contributed by atoms with Gasteiger partial charge in [0.1, 0.15) is 0 Å². The van der Waals surface area contributed by atoms with Crippen molar-refractivity contribution >= 4 is 29.9 Å². The summed E-state index contributed by atoms with van der Waals surface area (Å²) in [6.45, 7) is 12.9. The molecule has 0 aromatic rings. The topological polar surface area (TPSA) is 42.9 Å². The molecule has 2 N–H and O–H groups in total. The molecule has 2 saturated heterocycles. The Balaban J connectivity index is 0.00000312. The van der Waals surface area contributed by atoms with Crippen LogP contribution in [0.3, 0.4) is 0 Å². The third-order valence-electron chi connectivity index (χ3n) is 5.70. The Morgan fingerprint density at radius 1 is 1.08 bits per heavy atom. The van der Waals surface area contributed by atoms with E-state index in [1.165, 1.54) is 64.7 Å². The number of likely N-dealkylation sites (tertiary alicyclic amines) is 2. The van der Waals surface area contributed by atoms with Crippen LogP contribution in [0.5, 0.6) is 0 Å². The SMILES string of the molecule is CCN1CCCC1CNC(=NC)NCCCCN1CCC(C)CC1.I. The summed E-state index contributed by atoms with van der Waals surface area (Å²) in [6, 6.07) is 0.676. The van der Waals surface area contributed by atoms with Crippen molar-refractivity contribution in [2.24, 2.45) is 10.9 Å². The number of aliphatic imine (C=N–C) groups is 1. The minimum atomic E-state index is 0. The van der Waals surface area contributed by atoms with Crippen LogP contribution in [0.1, 0.15) is 52.4 Å². The molecule has 1 unspecified atom stereocenters. The summed E-state index contributed by atoms with van der Waals surface area (Å²) in [4.78, 5) is 9.56. The summed E-state index contributed by atoms with van der Waals surface area (Å²) < 4.78 is 0. The van der Waals surface area contributed by atoms with Crippen LogP contribution in [-0.2, 0) is 0 Å². The average Bonchev–Trinajstić information content (AvgIpc) is 3.06. The lowest BCUT2D eigenvalue weighted by Gasteiger charge is -2.30. The molecule has 0 radical (unpaired) electrons. The summed E-state index contributed by atoms with van der Waals surface area (Å²) >= 11 is 0. The fourth-order valence-corrected chi connectivity index (χ4v) is 3.93. The molecule has 0 saturated carbocycles. The third kappa shape index (κ3) is 8.43. The van der Waals surface area contributed by atoms with Gasteiger partial charge in [0.15, 0.2) is 5.96 Å². The van der Waals surface area contributed by atoms with Gasteiger partial charge in [-0.25, -0.2) is 0 Å². The quantitative estimate of drug-likeness (QED) is 0.251. The van der Waals surface area contributed by atoms with Crippen molar-refractivity contribution in [2.45, 2.75) is 58.4 Å². The standard InChI is InChI=1S/C19H39N5.HI/c1-4-24-13-7-8-18(24)16-22-19(20-3)21-11-5-6-12-23-14-9-17(2)10-15-23;/h17-18H,4-16H2,1-3H3,(H2,20,21,22);1H. The van der Waals surface area contributed by atoms with Gasteiger partial charge in [-0.05, 0) is 77.2 Å². The van der Waals surface area contributed by atoms with Crippen LogP contribution in [0.2, 0.25) is 0 Å². The van der Waals surface area contributed by atoms with Gasteiger partial charge in [-0.2, -0.15) is 0 Å². The Labute approximate surface area is 172 Å². The predicted molar refractivity (Wildman–Crippen MR) is 119 cm³/mol. The zero-order valence-electron chi connectivity index (χ0n) is 16.6. The van der Waals surface area contributed by atoms with E-state index in [0.717, 1.165) is 31.5 Å². The van der Waals surface area contributed by atoms with E-state index in [4.69, 9.17) is 0 Å². The maximum absolute atomic E-state index is 4.36. The molecule has 6 heteroatoms. The molecule has 0 spiro atoms. The van der Waals surface area contributed by atoms with Crippen molar-refractivity contribution in [1.29, 1.82) is 0 Å². The smallest absolute Gasteiger partial charge is 0.191 e. The Kier molecular flexibility index (Phi) is 12.1. The fraction of sp³-hybridized carbons (Fsp3) is 0.947. The van der Waals surface area contributed by atoms with Gasteiger partial charge in [0.05, 0.1) is 0 Å². The van der Waals surface area contributed by atoms with E-state index >= 15 is 0 Å².